The van der Waals surface area contributed by atoms with Gasteiger partial charge in [-0.25, -0.2) is 5.84 Å². The van der Waals surface area contributed by atoms with Gasteiger partial charge in [0.2, 0.25) is 0 Å². The Morgan fingerprint density at radius 1 is 1.47 bits per heavy atom. The Balaban J connectivity index is 2.43. The van der Waals surface area contributed by atoms with E-state index in [0.29, 0.717) is 0 Å². The topological polar surface area (TPSA) is 60.0 Å². The van der Waals surface area contributed by atoms with E-state index in [-0.39, 0.29) is 12.5 Å². The lowest BCUT2D eigenvalue weighted by molar-refractivity contribution is -0.121. The molecule has 0 aliphatic rings. The highest BCUT2D eigenvalue weighted by Crippen LogP contribution is 2.17. The van der Waals surface area contributed by atoms with Gasteiger partial charge in [-0.15, -0.1) is 0 Å². The molecule has 0 atom stereocenters. The molecule has 0 unspecified atom stereocenters. The molecule has 1 heterocycles. The van der Waals surface area contributed by atoms with E-state index < -0.39 is 0 Å². The molecule has 4 heteroatoms. The number of nitrogens with two attached hydrogens (primary N) is 1. The van der Waals surface area contributed by atoms with E-state index in [1.165, 1.54) is 5.56 Å². The average Bonchev–Trinajstić information content (AvgIpc) is 2.61. The van der Waals surface area contributed by atoms with Crippen molar-refractivity contribution in [2.24, 2.45) is 5.84 Å². The van der Waals surface area contributed by atoms with Crippen molar-refractivity contribution in [2.75, 3.05) is 0 Å². The molecule has 15 heavy (non-hydrogen) atoms. The highest BCUT2D eigenvalue weighted by Gasteiger charge is 2.04. The lowest BCUT2D eigenvalue weighted by atomic mass is 10.2. The van der Waals surface area contributed by atoms with E-state index in [1.807, 2.05) is 29.8 Å². The van der Waals surface area contributed by atoms with Gasteiger partial charge >= 0.3 is 0 Å². The first-order valence-corrected chi connectivity index (χ1v) is 4.75. The minimum Gasteiger partial charge on any atom is -0.338 e. The highest BCUT2D eigenvalue weighted by molar-refractivity contribution is 5.83. The van der Waals surface area contributed by atoms with Gasteiger partial charge in [-0.05, 0) is 30.0 Å². The largest absolute Gasteiger partial charge is 0.338 e. The summed E-state index contributed by atoms with van der Waals surface area (Å²) in [6, 6.07) is 8.13. The molecule has 0 saturated heterocycles. The highest BCUT2D eigenvalue weighted by atomic mass is 16.2. The van der Waals surface area contributed by atoms with Crippen LogP contribution in [0.2, 0.25) is 0 Å². The molecule has 0 fully saturated rings. The van der Waals surface area contributed by atoms with E-state index in [2.05, 4.69) is 17.6 Å². The van der Waals surface area contributed by atoms with Gasteiger partial charge < -0.3 is 4.57 Å². The third-order valence-electron chi connectivity index (χ3n) is 2.40. The third kappa shape index (κ3) is 1.85. The van der Waals surface area contributed by atoms with E-state index in [4.69, 9.17) is 5.84 Å². The van der Waals surface area contributed by atoms with Crippen LogP contribution in [-0.2, 0) is 11.3 Å². The quantitative estimate of drug-likeness (QED) is 0.433. The second-order valence-corrected chi connectivity index (χ2v) is 3.57. The second kappa shape index (κ2) is 3.74. The molecular weight excluding hydrogens is 190 g/mol. The van der Waals surface area contributed by atoms with Gasteiger partial charge in [0.05, 0.1) is 0 Å². The number of nitrogens with zero attached hydrogens (tertiary/aromatic N) is 1. The van der Waals surface area contributed by atoms with E-state index in [1.54, 1.807) is 0 Å². The summed E-state index contributed by atoms with van der Waals surface area (Å²) in [5, 5.41) is 1.13. The summed E-state index contributed by atoms with van der Waals surface area (Å²) in [5.41, 5.74) is 4.35. The van der Waals surface area contributed by atoms with Crippen LogP contribution >= 0.6 is 0 Å². The first-order valence-electron chi connectivity index (χ1n) is 4.75. The number of fused-ring (bicyclic) bond motifs is 1. The number of hydrogen-bond acceptors (Lipinski definition) is 2. The van der Waals surface area contributed by atoms with Crippen LogP contribution in [-0.4, -0.2) is 10.5 Å². The third-order valence-corrected chi connectivity index (χ3v) is 2.40. The van der Waals surface area contributed by atoms with Crippen LogP contribution in [0.3, 0.4) is 0 Å². The van der Waals surface area contributed by atoms with Crippen LogP contribution in [0, 0.1) is 6.92 Å². The molecule has 0 saturated carbocycles. The predicted octanol–water partition coefficient (Wildman–Crippen LogP) is 0.940. The minimum absolute atomic E-state index is 0.200. The number of aromatic nitrogens is 1. The number of benzene rings is 1. The summed E-state index contributed by atoms with van der Waals surface area (Å²) in [6.45, 7) is 2.28. The second-order valence-electron chi connectivity index (χ2n) is 3.57. The number of carbonyl (C=O) groups excluding carboxylic acids is 1. The zero-order valence-corrected chi connectivity index (χ0v) is 8.53. The van der Waals surface area contributed by atoms with Crippen LogP contribution in [0.5, 0.6) is 0 Å². The molecule has 0 aliphatic heterocycles. The molecule has 1 aromatic carbocycles. The monoisotopic (exact) mass is 203 g/mol. The normalized spacial score (nSPS) is 10.5. The SMILES string of the molecule is Cc1ccc2ccn(CC(=O)NN)c2c1. The molecule has 4 nitrogen and oxygen atoms in total. The van der Waals surface area contributed by atoms with E-state index in [9.17, 15) is 4.79 Å². The fourth-order valence-electron chi connectivity index (χ4n) is 1.63. The maximum absolute atomic E-state index is 11.2. The van der Waals surface area contributed by atoms with Crippen LogP contribution in [0.15, 0.2) is 30.5 Å². The molecule has 0 spiro atoms. The van der Waals surface area contributed by atoms with Crippen molar-refractivity contribution < 1.29 is 4.79 Å². The molecule has 1 aromatic heterocycles. The number of hydrogen-bond donors (Lipinski definition) is 2. The molecule has 78 valence electrons. The lowest BCUT2D eigenvalue weighted by Gasteiger charge is -2.04. The Morgan fingerprint density at radius 3 is 3.00 bits per heavy atom. The zero-order valence-electron chi connectivity index (χ0n) is 8.53. The van der Waals surface area contributed by atoms with Crippen molar-refractivity contribution >= 4 is 16.8 Å². The Morgan fingerprint density at radius 2 is 2.27 bits per heavy atom. The smallest absolute Gasteiger partial charge is 0.253 e. The van der Waals surface area contributed by atoms with Crippen molar-refractivity contribution in [3.8, 4) is 0 Å². The molecular formula is C11H13N3O. The number of hydrazine groups is 1. The van der Waals surface area contributed by atoms with Crippen molar-refractivity contribution in [1.29, 1.82) is 0 Å². The van der Waals surface area contributed by atoms with Crippen LogP contribution in [0.4, 0.5) is 0 Å². The van der Waals surface area contributed by atoms with Crippen LogP contribution < -0.4 is 11.3 Å². The summed E-state index contributed by atoms with van der Waals surface area (Å²) in [7, 11) is 0. The molecule has 3 N–H and O–H groups in total. The Hall–Kier alpha value is -1.81. The predicted molar refractivity (Wildman–Crippen MR) is 59.0 cm³/mol. The fraction of sp³-hybridized carbons (Fsp3) is 0.182. The number of rotatable bonds is 2. The van der Waals surface area contributed by atoms with Crippen LogP contribution in [0.1, 0.15) is 5.56 Å². The van der Waals surface area contributed by atoms with Gasteiger partial charge in [0.15, 0.2) is 0 Å². The van der Waals surface area contributed by atoms with Crippen molar-refractivity contribution in [3.63, 3.8) is 0 Å². The van der Waals surface area contributed by atoms with E-state index >= 15 is 0 Å². The molecule has 0 bridgehead atoms. The zero-order chi connectivity index (χ0) is 10.8. The number of nitrogens with one attached hydrogen (secondary N) is 1. The molecule has 0 aliphatic carbocycles. The summed E-state index contributed by atoms with van der Waals surface area (Å²) < 4.78 is 1.88. The number of amides is 1. The minimum atomic E-state index is -0.200. The van der Waals surface area contributed by atoms with Crippen LogP contribution in [0.25, 0.3) is 10.9 Å². The average molecular weight is 203 g/mol. The molecule has 1 amide bonds. The summed E-state index contributed by atoms with van der Waals surface area (Å²) >= 11 is 0. The van der Waals surface area contributed by atoms with Gasteiger partial charge in [0.25, 0.3) is 5.91 Å². The molecule has 2 rings (SSSR count). The first-order chi connectivity index (χ1) is 7.20. The standard InChI is InChI=1S/C11H13N3O/c1-8-2-3-9-4-5-14(10(9)6-8)7-11(15)13-12/h2-6H,7,12H2,1H3,(H,13,15). The van der Waals surface area contributed by atoms with Crippen molar-refractivity contribution in [3.05, 3.63) is 36.0 Å². The van der Waals surface area contributed by atoms with Gasteiger partial charge in [-0.1, -0.05) is 12.1 Å². The Labute approximate surface area is 87.6 Å². The summed E-state index contributed by atoms with van der Waals surface area (Å²) in [5.74, 6) is 4.85. The van der Waals surface area contributed by atoms with Gasteiger partial charge in [0.1, 0.15) is 6.54 Å². The first kappa shape index (κ1) is 9.73. The Kier molecular flexibility index (Phi) is 2.43. The molecule has 0 radical (unpaired) electrons. The van der Waals surface area contributed by atoms with Gasteiger partial charge in [0, 0.05) is 11.7 Å². The fourth-order valence-corrected chi connectivity index (χ4v) is 1.63. The molecule has 2 aromatic rings. The van der Waals surface area contributed by atoms with Gasteiger partial charge in [-0.3, -0.25) is 10.2 Å². The summed E-state index contributed by atoms with van der Waals surface area (Å²) in [4.78, 5) is 11.2. The van der Waals surface area contributed by atoms with E-state index in [0.717, 1.165) is 10.9 Å². The maximum atomic E-state index is 11.2. The van der Waals surface area contributed by atoms with Gasteiger partial charge in [-0.2, -0.15) is 0 Å². The Bertz CT molecular complexity index is 502. The van der Waals surface area contributed by atoms with Crippen molar-refractivity contribution in [2.45, 2.75) is 13.5 Å². The number of carbonyl (C=O) groups is 1. The lowest BCUT2D eigenvalue weighted by Crippen LogP contribution is -2.33. The number of aryl methyl sites for hydroxylation is 1. The maximum Gasteiger partial charge on any atom is 0.253 e. The van der Waals surface area contributed by atoms with Crippen molar-refractivity contribution in [1.82, 2.24) is 9.99 Å². The summed E-state index contributed by atoms with van der Waals surface area (Å²) in [6.07, 6.45) is 1.89.